The van der Waals surface area contributed by atoms with Crippen LogP contribution in [0.1, 0.15) is 30.3 Å². The molecular weight excluding hydrogens is 156 g/mol. The second-order valence-electron chi connectivity index (χ2n) is 3.00. The molecule has 0 N–H and O–H groups in total. The quantitative estimate of drug-likeness (QED) is 0.624. The van der Waals surface area contributed by atoms with E-state index in [1.807, 2.05) is 17.7 Å². The highest BCUT2D eigenvalue weighted by Gasteiger charge is 2.25. The van der Waals surface area contributed by atoms with Gasteiger partial charge in [0.1, 0.15) is 0 Å². The Morgan fingerprint density at radius 1 is 1.73 bits per heavy atom. The minimum atomic E-state index is 0.637. The number of aromatic nitrogens is 2. The van der Waals surface area contributed by atoms with Gasteiger partial charge in [-0.15, -0.1) is 0 Å². The van der Waals surface area contributed by atoms with E-state index in [4.69, 9.17) is 12.2 Å². The van der Waals surface area contributed by atoms with Gasteiger partial charge in [0, 0.05) is 5.37 Å². The van der Waals surface area contributed by atoms with Crippen LogP contribution in [-0.4, -0.2) is 15.1 Å². The molecule has 1 aromatic heterocycles. The summed E-state index contributed by atoms with van der Waals surface area (Å²) in [4.78, 5) is 0. The number of rotatable bonds is 2. The summed E-state index contributed by atoms with van der Waals surface area (Å²) in [5, 5.41) is 6.07. The van der Waals surface area contributed by atoms with Gasteiger partial charge in [-0.1, -0.05) is 12.2 Å². The molecule has 0 aliphatic heterocycles. The summed E-state index contributed by atoms with van der Waals surface area (Å²) in [7, 11) is 0. The Morgan fingerprint density at radius 2 is 2.45 bits per heavy atom. The zero-order valence-electron chi connectivity index (χ0n) is 6.45. The Bertz CT molecular complexity index is 286. The van der Waals surface area contributed by atoms with Gasteiger partial charge in [0.15, 0.2) is 0 Å². The topological polar surface area (TPSA) is 17.8 Å². The minimum Gasteiger partial charge on any atom is -0.261 e. The van der Waals surface area contributed by atoms with Crippen LogP contribution in [0.3, 0.4) is 0 Å². The second kappa shape index (κ2) is 2.41. The molecule has 1 fully saturated rings. The summed E-state index contributed by atoms with van der Waals surface area (Å²) in [5.41, 5.74) is 2.15. The first-order chi connectivity index (χ1) is 5.31. The summed E-state index contributed by atoms with van der Waals surface area (Å²) in [6, 6.07) is 2.67. The van der Waals surface area contributed by atoms with Crippen molar-refractivity contribution in [2.24, 2.45) is 0 Å². The van der Waals surface area contributed by atoms with Gasteiger partial charge in [-0.25, -0.2) is 0 Å². The average molecular weight is 166 g/mol. The molecule has 2 rings (SSSR count). The number of nitrogens with zero attached hydrogens (tertiary/aromatic N) is 2. The minimum absolute atomic E-state index is 0.637. The highest BCUT2D eigenvalue weighted by atomic mass is 32.1. The van der Waals surface area contributed by atoms with Crippen LogP contribution in [0.2, 0.25) is 0 Å². The van der Waals surface area contributed by atoms with E-state index in [9.17, 15) is 0 Å². The smallest absolute Gasteiger partial charge is 0.0723 e. The Kier molecular flexibility index (Phi) is 1.53. The van der Waals surface area contributed by atoms with Crippen LogP contribution in [0, 0.1) is 6.92 Å². The molecule has 1 aromatic rings. The van der Waals surface area contributed by atoms with Crippen LogP contribution in [0.15, 0.2) is 6.07 Å². The lowest BCUT2D eigenvalue weighted by atomic mass is 10.4. The zero-order valence-corrected chi connectivity index (χ0v) is 7.27. The van der Waals surface area contributed by atoms with Crippen LogP contribution in [0.25, 0.3) is 0 Å². The summed E-state index contributed by atoms with van der Waals surface area (Å²) < 4.78 is 2.04. The van der Waals surface area contributed by atoms with Crippen molar-refractivity contribution in [3.05, 3.63) is 17.5 Å². The highest BCUT2D eigenvalue weighted by molar-refractivity contribution is 7.79. The van der Waals surface area contributed by atoms with Crippen molar-refractivity contribution in [1.82, 2.24) is 9.78 Å². The third-order valence-corrected chi connectivity index (χ3v) is 2.14. The first-order valence-electron chi connectivity index (χ1n) is 3.82. The van der Waals surface area contributed by atoms with Crippen molar-refractivity contribution >= 4 is 17.6 Å². The van der Waals surface area contributed by atoms with Gasteiger partial charge in [0.2, 0.25) is 0 Å². The van der Waals surface area contributed by atoms with Gasteiger partial charge in [-0.05, 0) is 25.8 Å². The molecule has 1 saturated carbocycles. The summed E-state index contributed by atoms with van der Waals surface area (Å²) in [5.74, 6) is 0. The lowest BCUT2D eigenvalue weighted by Crippen LogP contribution is -2.00. The molecular formula is C8H10N2S. The molecule has 0 atom stereocenters. The first kappa shape index (κ1) is 6.98. The predicted molar refractivity (Wildman–Crippen MR) is 48.0 cm³/mol. The van der Waals surface area contributed by atoms with Crippen molar-refractivity contribution in [3.63, 3.8) is 0 Å². The molecule has 0 unspecified atom stereocenters. The molecule has 1 aliphatic carbocycles. The van der Waals surface area contributed by atoms with Crippen LogP contribution >= 0.6 is 12.2 Å². The fraction of sp³-hybridized carbons (Fsp3) is 0.500. The molecule has 0 aromatic carbocycles. The number of thiocarbonyl (C=S) groups is 1. The van der Waals surface area contributed by atoms with Crippen LogP contribution < -0.4 is 0 Å². The maximum atomic E-state index is 4.88. The van der Waals surface area contributed by atoms with E-state index >= 15 is 0 Å². The van der Waals surface area contributed by atoms with Crippen molar-refractivity contribution in [1.29, 1.82) is 0 Å². The lowest BCUT2D eigenvalue weighted by molar-refractivity contribution is 0.632. The van der Waals surface area contributed by atoms with E-state index < -0.39 is 0 Å². The van der Waals surface area contributed by atoms with Crippen LogP contribution in [0.4, 0.5) is 0 Å². The Morgan fingerprint density at radius 3 is 3.00 bits per heavy atom. The monoisotopic (exact) mass is 166 g/mol. The van der Waals surface area contributed by atoms with E-state index in [0.29, 0.717) is 6.04 Å². The van der Waals surface area contributed by atoms with E-state index in [1.54, 1.807) is 5.37 Å². The van der Waals surface area contributed by atoms with Crippen molar-refractivity contribution in [2.75, 3.05) is 0 Å². The molecule has 11 heavy (non-hydrogen) atoms. The van der Waals surface area contributed by atoms with Crippen LogP contribution in [-0.2, 0) is 0 Å². The molecule has 2 nitrogen and oxygen atoms in total. The largest absolute Gasteiger partial charge is 0.261 e. The van der Waals surface area contributed by atoms with Gasteiger partial charge in [-0.3, -0.25) is 4.68 Å². The molecule has 0 spiro atoms. The van der Waals surface area contributed by atoms with Crippen LogP contribution in [0.5, 0.6) is 0 Å². The summed E-state index contributed by atoms with van der Waals surface area (Å²) >= 11 is 4.88. The van der Waals surface area contributed by atoms with Crippen molar-refractivity contribution in [2.45, 2.75) is 25.8 Å². The van der Waals surface area contributed by atoms with Crippen molar-refractivity contribution in [3.8, 4) is 0 Å². The fourth-order valence-electron chi connectivity index (χ4n) is 1.24. The normalized spacial score (nSPS) is 16.8. The van der Waals surface area contributed by atoms with Crippen molar-refractivity contribution < 1.29 is 0 Å². The van der Waals surface area contributed by atoms with E-state index in [-0.39, 0.29) is 0 Å². The Balaban J connectivity index is 2.41. The molecule has 0 amide bonds. The van der Waals surface area contributed by atoms with E-state index in [0.717, 1.165) is 11.4 Å². The fourth-order valence-corrected chi connectivity index (χ4v) is 1.41. The molecule has 0 bridgehead atoms. The zero-order chi connectivity index (χ0) is 7.84. The van der Waals surface area contributed by atoms with E-state index in [1.165, 1.54) is 12.8 Å². The van der Waals surface area contributed by atoms with Gasteiger partial charge < -0.3 is 0 Å². The lowest BCUT2D eigenvalue weighted by Gasteiger charge is -1.98. The third kappa shape index (κ3) is 1.20. The average Bonchev–Trinajstić information content (AvgIpc) is 2.75. The molecule has 1 heterocycles. The standard InChI is InChI=1S/C8H10N2S/c1-6-4-8(5-11)10(9-6)7-2-3-7/h4-5,7H,2-3H2,1H3. The summed E-state index contributed by atoms with van der Waals surface area (Å²) in [6.45, 7) is 2.00. The van der Waals surface area contributed by atoms with Gasteiger partial charge in [0.05, 0.1) is 17.4 Å². The summed E-state index contributed by atoms with van der Waals surface area (Å²) in [6.07, 6.45) is 2.52. The maximum absolute atomic E-state index is 4.88. The number of hydrogen-bond acceptors (Lipinski definition) is 2. The molecule has 1 aliphatic rings. The maximum Gasteiger partial charge on any atom is 0.0723 e. The third-order valence-electron chi connectivity index (χ3n) is 1.90. The van der Waals surface area contributed by atoms with Gasteiger partial charge in [-0.2, -0.15) is 5.10 Å². The van der Waals surface area contributed by atoms with E-state index in [2.05, 4.69) is 5.10 Å². The first-order valence-corrected chi connectivity index (χ1v) is 4.30. The predicted octanol–water partition coefficient (Wildman–Crippen LogP) is 1.87. The highest BCUT2D eigenvalue weighted by Crippen LogP contribution is 2.35. The number of aryl methyl sites for hydroxylation is 1. The Hall–Kier alpha value is -0.700. The number of hydrogen-bond donors (Lipinski definition) is 0. The molecule has 0 saturated heterocycles. The van der Waals surface area contributed by atoms with Gasteiger partial charge >= 0.3 is 0 Å². The van der Waals surface area contributed by atoms with Gasteiger partial charge in [0.25, 0.3) is 0 Å². The molecule has 3 heteroatoms. The molecule has 58 valence electrons. The molecule has 0 radical (unpaired) electrons. The SMILES string of the molecule is Cc1cc(C=S)n(C2CC2)n1. The Labute approximate surface area is 71.2 Å². The second-order valence-corrected chi connectivity index (χ2v) is 3.24.